The summed E-state index contributed by atoms with van der Waals surface area (Å²) in [4.78, 5) is 28.5. The van der Waals surface area contributed by atoms with Crippen LogP contribution in [0.15, 0.2) is 16.9 Å². The first-order chi connectivity index (χ1) is 14.7. The maximum atomic E-state index is 13.2. The van der Waals surface area contributed by atoms with Gasteiger partial charge in [-0.15, -0.1) is 0 Å². The van der Waals surface area contributed by atoms with Gasteiger partial charge >= 0.3 is 0 Å². The van der Waals surface area contributed by atoms with Crippen molar-refractivity contribution in [3.8, 4) is 0 Å². The second-order valence-electron chi connectivity index (χ2n) is 10.4. The molecule has 1 N–H and O–H groups in total. The van der Waals surface area contributed by atoms with Gasteiger partial charge < -0.3 is 14.8 Å². The number of pyridine rings is 1. The van der Waals surface area contributed by atoms with Crippen LogP contribution in [-0.4, -0.2) is 35.0 Å². The first-order valence-electron chi connectivity index (χ1n) is 12.4. The molecule has 0 radical (unpaired) electrons. The average Bonchev–Trinajstić information content (AvgIpc) is 2.77. The summed E-state index contributed by atoms with van der Waals surface area (Å²) in [5.74, 6) is 2.00. The van der Waals surface area contributed by atoms with Gasteiger partial charge in [-0.2, -0.15) is 0 Å². The molecule has 2 bridgehead atoms. The predicted octanol–water partition coefficient (Wildman–Crippen LogP) is 4.37. The van der Waals surface area contributed by atoms with E-state index in [1.807, 2.05) is 10.6 Å². The van der Waals surface area contributed by atoms with E-state index >= 15 is 0 Å². The minimum atomic E-state index is 0.00656. The Morgan fingerprint density at radius 2 is 1.67 bits per heavy atom. The number of nitrogens with one attached hydrogen (secondary N) is 1. The highest BCUT2D eigenvalue weighted by Gasteiger charge is 2.36. The SMILES string of the molecule is O=C(Nc1ccc2n(c1=O)CC1CC2CN(CC2CCCCC2)C1)C1CCCCC1. The molecule has 3 heterocycles. The molecule has 5 rings (SSSR count). The number of anilines is 1. The second kappa shape index (κ2) is 8.86. The molecule has 5 nitrogen and oxygen atoms in total. The van der Waals surface area contributed by atoms with Gasteiger partial charge in [-0.05, 0) is 56.1 Å². The molecule has 1 aromatic heterocycles. The maximum Gasteiger partial charge on any atom is 0.274 e. The van der Waals surface area contributed by atoms with Crippen LogP contribution in [0.3, 0.4) is 0 Å². The number of nitrogens with zero attached hydrogens (tertiary/aromatic N) is 2. The molecule has 1 aromatic rings. The molecular weight excluding hydrogens is 374 g/mol. The van der Waals surface area contributed by atoms with Crippen LogP contribution in [0.1, 0.15) is 82.2 Å². The number of carbonyl (C=O) groups excluding carboxylic acids is 1. The molecule has 4 aliphatic rings. The monoisotopic (exact) mass is 411 g/mol. The molecule has 30 heavy (non-hydrogen) atoms. The van der Waals surface area contributed by atoms with Crippen LogP contribution in [0.5, 0.6) is 0 Å². The summed E-state index contributed by atoms with van der Waals surface area (Å²) in [6, 6.07) is 3.98. The quantitative estimate of drug-likeness (QED) is 0.801. The number of likely N-dealkylation sites (tertiary alicyclic amines) is 1. The normalized spacial score (nSPS) is 28.1. The zero-order valence-electron chi connectivity index (χ0n) is 18.3. The number of amides is 1. The molecule has 2 saturated carbocycles. The van der Waals surface area contributed by atoms with Crippen molar-refractivity contribution in [1.29, 1.82) is 0 Å². The fraction of sp³-hybridized carbons (Fsp3) is 0.760. The summed E-state index contributed by atoms with van der Waals surface area (Å²) in [5.41, 5.74) is 1.67. The number of rotatable bonds is 4. The first-order valence-corrected chi connectivity index (χ1v) is 12.4. The van der Waals surface area contributed by atoms with Crippen LogP contribution < -0.4 is 10.9 Å². The molecular formula is C25H37N3O2. The highest BCUT2D eigenvalue weighted by Crippen LogP contribution is 2.37. The first kappa shape index (κ1) is 20.3. The van der Waals surface area contributed by atoms with E-state index in [2.05, 4.69) is 16.3 Å². The van der Waals surface area contributed by atoms with Crippen molar-refractivity contribution in [3.05, 3.63) is 28.2 Å². The third-order valence-corrected chi connectivity index (χ3v) is 8.15. The molecule has 164 valence electrons. The van der Waals surface area contributed by atoms with Crippen molar-refractivity contribution in [3.63, 3.8) is 0 Å². The molecule has 0 spiro atoms. The minimum absolute atomic E-state index is 0.00656. The molecule has 2 atom stereocenters. The second-order valence-corrected chi connectivity index (χ2v) is 10.4. The van der Waals surface area contributed by atoms with Crippen molar-refractivity contribution in [2.75, 3.05) is 25.0 Å². The van der Waals surface area contributed by atoms with Gasteiger partial charge in [0, 0.05) is 43.7 Å². The van der Waals surface area contributed by atoms with Crippen molar-refractivity contribution in [2.24, 2.45) is 17.8 Å². The third-order valence-electron chi connectivity index (χ3n) is 8.15. The number of fused-ring (bicyclic) bond motifs is 4. The Bertz CT molecular complexity index is 820. The van der Waals surface area contributed by atoms with Crippen molar-refractivity contribution in [2.45, 2.75) is 83.1 Å². The van der Waals surface area contributed by atoms with Gasteiger partial charge in [0.25, 0.3) is 5.56 Å². The molecule has 2 unspecified atom stereocenters. The van der Waals surface area contributed by atoms with E-state index in [1.165, 1.54) is 57.2 Å². The number of carbonyl (C=O) groups is 1. The fourth-order valence-electron chi connectivity index (χ4n) is 6.62. The summed E-state index contributed by atoms with van der Waals surface area (Å²) < 4.78 is 1.98. The molecule has 3 fully saturated rings. The molecule has 2 aliphatic heterocycles. The Labute approximate surface area is 180 Å². The Morgan fingerprint density at radius 1 is 0.933 bits per heavy atom. The van der Waals surface area contributed by atoms with E-state index in [1.54, 1.807) is 0 Å². The van der Waals surface area contributed by atoms with E-state index in [0.29, 0.717) is 17.5 Å². The molecule has 2 aliphatic carbocycles. The summed E-state index contributed by atoms with van der Waals surface area (Å²) in [6.45, 7) is 4.25. The van der Waals surface area contributed by atoms with Gasteiger partial charge in [0.05, 0.1) is 0 Å². The van der Waals surface area contributed by atoms with Gasteiger partial charge in [-0.3, -0.25) is 9.59 Å². The van der Waals surface area contributed by atoms with Gasteiger partial charge in [0.15, 0.2) is 0 Å². The van der Waals surface area contributed by atoms with Crippen LogP contribution in [-0.2, 0) is 11.3 Å². The summed E-state index contributed by atoms with van der Waals surface area (Å²) >= 11 is 0. The van der Waals surface area contributed by atoms with Gasteiger partial charge in [0.2, 0.25) is 5.91 Å². The van der Waals surface area contributed by atoms with Crippen LogP contribution in [0.4, 0.5) is 5.69 Å². The van der Waals surface area contributed by atoms with Gasteiger partial charge in [-0.25, -0.2) is 0 Å². The standard InChI is InChI=1S/C25H37N3O2/c29-24(20-9-5-2-6-10-20)26-22-11-12-23-21-13-19(16-28(23)25(22)30)15-27(17-21)14-18-7-3-1-4-8-18/h11-12,18-21H,1-10,13-17H2,(H,26,29). The van der Waals surface area contributed by atoms with Crippen LogP contribution in [0.25, 0.3) is 0 Å². The maximum absolute atomic E-state index is 13.2. The highest BCUT2D eigenvalue weighted by atomic mass is 16.2. The number of hydrogen-bond donors (Lipinski definition) is 1. The molecule has 0 aromatic carbocycles. The fourth-order valence-corrected chi connectivity index (χ4v) is 6.62. The smallest absolute Gasteiger partial charge is 0.274 e. The lowest BCUT2D eigenvalue weighted by Crippen LogP contribution is -2.48. The van der Waals surface area contributed by atoms with E-state index in [9.17, 15) is 9.59 Å². The number of aromatic nitrogens is 1. The lowest BCUT2D eigenvalue weighted by atomic mass is 9.81. The largest absolute Gasteiger partial charge is 0.321 e. The van der Waals surface area contributed by atoms with Crippen LogP contribution in [0, 0.1) is 17.8 Å². The Kier molecular flexibility index (Phi) is 5.99. The Hall–Kier alpha value is -1.62. The Balaban J connectivity index is 1.28. The predicted molar refractivity (Wildman–Crippen MR) is 120 cm³/mol. The average molecular weight is 412 g/mol. The van der Waals surface area contributed by atoms with Crippen molar-refractivity contribution >= 4 is 11.6 Å². The zero-order valence-corrected chi connectivity index (χ0v) is 18.3. The molecule has 1 amide bonds. The van der Waals surface area contributed by atoms with E-state index in [4.69, 9.17) is 0 Å². The lowest BCUT2D eigenvalue weighted by molar-refractivity contribution is -0.120. The van der Waals surface area contributed by atoms with E-state index < -0.39 is 0 Å². The summed E-state index contributed by atoms with van der Waals surface area (Å²) in [5, 5.41) is 2.98. The minimum Gasteiger partial charge on any atom is -0.321 e. The molecule has 5 heteroatoms. The zero-order chi connectivity index (χ0) is 20.5. The third kappa shape index (κ3) is 4.23. The van der Waals surface area contributed by atoms with Gasteiger partial charge in [-0.1, -0.05) is 38.5 Å². The highest BCUT2D eigenvalue weighted by molar-refractivity contribution is 5.92. The van der Waals surface area contributed by atoms with Crippen molar-refractivity contribution < 1.29 is 4.79 Å². The number of hydrogen-bond acceptors (Lipinski definition) is 3. The van der Waals surface area contributed by atoms with E-state index in [-0.39, 0.29) is 17.4 Å². The van der Waals surface area contributed by atoms with Gasteiger partial charge in [0.1, 0.15) is 5.69 Å². The van der Waals surface area contributed by atoms with Crippen LogP contribution in [0.2, 0.25) is 0 Å². The summed E-state index contributed by atoms with van der Waals surface area (Å²) in [7, 11) is 0. The number of piperidine rings is 1. The van der Waals surface area contributed by atoms with E-state index in [0.717, 1.165) is 51.2 Å². The van der Waals surface area contributed by atoms with Crippen LogP contribution >= 0.6 is 0 Å². The Morgan fingerprint density at radius 3 is 2.43 bits per heavy atom. The lowest BCUT2D eigenvalue weighted by Gasteiger charge is -2.44. The van der Waals surface area contributed by atoms with Crippen molar-refractivity contribution in [1.82, 2.24) is 9.47 Å². The molecule has 1 saturated heterocycles. The summed E-state index contributed by atoms with van der Waals surface area (Å²) in [6.07, 6.45) is 13.6. The topological polar surface area (TPSA) is 54.3 Å².